The van der Waals surface area contributed by atoms with E-state index in [0.717, 1.165) is 28.9 Å². The summed E-state index contributed by atoms with van der Waals surface area (Å²) in [4.78, 5) is 15.4. The van der Waals surface area contributed by atoms with E-state index >= 15 is 0 Å². The predicted molar refractivity (Wildman–Crippen MR) is 97.8 cm³/mol. The van der Waals surface area contributed by atoms with Gasteiger partial charge in [0.15, 0.2) is 6.10 Å². The van der Waals surface area contributed by atoms with Crippen LogP contribution in [0.15, 0.2) is 48.8 Å². The highest BCUT2D eigenvalue weighted by atomic mass is 16.5. The normalized spacial score (nSPS) is 15.6. The van der Waals surface area contributed by atoms with Gasteiger partial charge in [0, 0.05) is 12.6 Å². The number of aromatic amines is 1. The van der Waals surface area contributed by atoms with Crippen molar-refractivity contribution in [2.75, 3.05) is 6.61 Å². The van der Waals surface area contributed by atoms with Crippen LogP contribution in [0.4, 0.5) is 0 Å². The lowest BCUT2D eigenvalue weighted by Crippen LogP contribution is -2.30. The third-order valence-corrected chi connectivity index (χ3v) is 4.52. The largest absolute Gasteiger partial charge is 0.492 e. The summed E-state index contributed by atoms with van der Waals surface area (Å²) in [6.07, 6.45) is 4.59. The smallest absolute Gasteiger partial charge is 0.344 e. The Morgan fingerprint density at radius 3 is 2.96 bits per heavy atom. The monoisotopic (exact) mass is 365 g/mol. The molecule has 0 spiro atoms. The Labute approximate surface area is 156 Å². The van der Waals surface area contributed by atoms with E-state index in [9.17, 15) is 4.79 Å². The van der Waals surface area contributed by atoms with Crippen LogP contribution in [-0.4, -0.2) is 39.0 Å². The molecule has 2 N–H and O–H groups in total. The summed E-state index contributed by atoms with van der Waals surface area (Å²) >= 11 is 0. The van der Waals surface area contributed by atoms with E-state index in [-0.39, 0.29) is 0 Å². The lowest BCUT2D eigenvalue weighted by molar-refractivity contribution is -0.145. The second kappa shape index (κ2) is 7.49. The van der Waals surface area contributed by atoms with Crippen LogP contribution in [0.25, 0.3) is 11.4 Å². The molecule has 3 aromatic rings. The maximum Gasteiger partial charge on any atom is 0.344 e. The summed E-state index contributed by atoms with van der Waals surface area (Å²) in [5.74, 6) is 0.464. The molecule has 0 aliphatic carbocycles. The van der Waals surface area contributed by atoms with E-state index in [1.807, 2.05) is 30.3 Å². The van der Waals surface area contributed by atoms with Crippen LogP contribution in [-0.2, 0) is 17.6 Å². The SMILES string of the molecule is O=C(O)[C@H]1CCc2cc(CCOc3ccc(-c4ccn[nH]4)nc3)ccc2O1. The molecule has 1 aromatic carbocycles. The standard InChI is InChI=1S/C20H19N3O4/c24-20(25)19-6-2-14-11-13(1-5-18(14)27-19)8-10-26-15-3-4-16(21-12-15)17-7-9-22-23-17/h1,3-5,7,9,11-12,19H,2,6,8,10H2,(H,22,23)(H,24,25)/t19-/m1/s1. The second-order valence-corrected chi connectivity index (χ2v) is 6.37. The molecule has 7 nitrogen and oxygen atoms in total. The van der Waals surface area contributed by atoms with E-state index in [2.05, 4.69) is 21.2 Å². The van der Waals surface area contributed by atoms with Crippen LogP contribution < -0.4 is 9.47 Å². The van der Waals surface area contributed by atoms with Gasteiger partial charge in [-0.1, -0.05) is 12.1 Å². The average molecular weight is 365 g/mol. The Morgan fingerprint density at radius 2 is 2.22 bits per heavy atom. The minimum absolute atomic E-state index is 0.497. The number of pyridine rings is 1. The van der Waals surface area contributed by atoms with Gasteiger partial charge in [0.25, 0.3) is 0 Å². The predicted octanol–water partition coefficient (Wildman–Crippen LogP) is 2.87. The molecule has 0 radical (unpaired) electrons. The van der Waals surface area contributed by atoms with Gasteiger partial charge in [-0.2, -0.15) is 5.10 Å². The van der Waals surface area contributed by atoms with Crippen LogP contribution in [0, 0.1) is 0 Å². The highest BCUT2D eigenvalue weighted by Gasteiger charge is 2.25. The Morgan fingerprint density at radius 1 is 1.30 bits per heavy atom. The second-order valence-electron chi connectivity index (χ2n) is 6.37. The number of ether oxygens (including phenoxy) is 2. The number of benzene rings is 1. The maximum atomic E-state index is 11.0. The Kier molecular flexibility index (Phi) is 4.74. The van der Waals surface area contributed by atoms with E-state index in [1.54, 1.807) is 12.4 Å². The van der Waals surface area contributed by atoms with Crippen LogP contribution in [0.1, 0.15) is 17.5 Å². The lowest BCUT2D eigenvalue weighted by atomic mass is 9.99. The molecule has 0 amide bonds. The van der Waals surface area contributed by atoms with Gasteiger partial charge in [0.05, 0.1) is 24.2 Å². The molecule has 0 saturated heterocycles. The lowest BCUT2D eigenvalue weighted by Gasteiger charge is -2.23. The summed E-state index contributed by atoms with van der Waals surface area (Å²) < 4.78 is 11.3. The van der Waals surface area contributed by atoms with Crippen molar-refractivity contribution in [2.24, 2.45) is 0 Å². The fraction of sp³-hybridized carbons (Fsp3) is 0.250. The van der Waals surface area contributed by atoms with Gasteiger partial charge < -0.3 is 14.6 Å². The number of rotatable bonds is 6. The molecule has 7 heteroatoms. The minimum Gasteiger partial charge on any atom is -0.492 e. The summed E-state index contributed by atoms with van der Waals surface area (Å²) in [7, 11) is 0. The maximum absolute atomic E-state index is 11.0. The third kappa shape index (κ3) is 3.92. The van der Waals surface area contributed by atoms with Crippen molar-refractivity contribution in [3.05, 3.63) is 59.9 Å². The molecular weight excluding hydrogens is 346 g/mol. The van der Waals surface area contributed by atoms with Crippen LogP contribution in [0.2, 0.25) is 0 Å². The number of aryl methyl sites for hydroxylation is 1. The molecule has 0 unspecified atom stereocenters. The first kappa shape index (κ1) is 17.1. The fourth-order valence-electron chi connectivity index (χ4n) is 3.08. The molecule has 4 rings (SSSR count). The Balaban J connectivity index is 1.32. The van der Waals surface area contributed by atoms with Crippen LogP contribution in [0.3, 0.4) is 0 Å². The first-order valence-electron chi connectivity index (χ1n) is 8.79. The molecule has 2 aromatic heterocycles. The van der Waals surface area contributed by atoms with Gasteiger partial charge in [0.1, 0.15) is 11.5 Å². The molecular formula is C20H19N3O4. The summed E-state index contributed by atoms with van der Waals surface area (Å²) in [5, 5.41) is 15.9. The van der Waals surface area contributed by atoms with Gasteiger partial charge in [-0.15, -0.1) is 0 Å². The molecule has 0 fully saturated rings. The van der Waals surface area contributed by atoms with E-state index in [1.165, 1.54) is 0 Å². The number of carboxylic acids is 1. The molecule has 1 aliphatic heterocycles. The summed E-state index contributed by atoms with van der Waals surface area (Å²) in [6.45, 7) is 0.530. The van der Waals surface area contributed by atoms with Crippen molar-refractivity contribution >= 4 is 5.97 Å². The highest BCUT2D eigenvalue weighted by molar-refractivity contribution is 5.73. The number of nitrogens with zero attached hydrogens (tertiary/aromatic N) is 2. The van der Waals surface area contributed by atoms with Gasteiger partial charge in [-0.05, 0) is 48.2 Å². The highest BCUT2D eigenvalue weighted by Crippen LogP contribution is 2.29. The van der Waals surface area contributed by atoms with Crippen LogP contribution in [0.5, 0.6) is 11.5 Å². The molecule has 138 valence electrons. The van der Waals surface area contributed by atoms with Crippen molar-refractivity contribution < 1.29 is 19.4 Å². The number of aromatic nitrogens is 3. The minimum atomic E-state index is -0.912. The van der Waals surface area contributed by atoms with Crippen LogP contribution >= 0.6 is 0 Å². The van der Waals surface area contributed by atoms with E-state index in [0.29, 0.717) is 30.9 Å². The van der Waals surface area contributed by atoms with Gasteiger partial charge in [0.2, 0.25) is 0 Å². The van der Waals surface area contributed by atoms with Gasteiger partial charge >= 0.3 is 5.97 Å². The van der Waals surface area contributed by atoms with Gasteiger partial charge in [-0.25, -0.2) is 4.79 Å². The number of nitrogens with one attached hydrogen (secondary N) is 1. The Bertz CT molecular complexity index is 923. The Hall–Kier alpha value is -3.35. The zero-order valence-electron chi connectivity index (χ0n) is 14.6. The molecule has 1 atom stereocenters. The number of hydrogen-bond donors (Lipinski definition) is 2. The first-order chi connectivity index (χ1) is 13.2. The topological polar surface area (TPSA) is 97.3 Å². The number of carboxylic acid groups (broad SMARTS) is 1. The fourth-order valence-corrected chi connectivity index (χ4v) is 3.08. The number of fused-ring (bicyclic) bond motifs is 1. The molecule has 0 bridgehead atoms. The van der Waals surface area contributed by atoms with Crippen molar-refractivity contribution in [1.29, 1.82) is 0 Å². The zero-order chi connectivity index (χ0) is 18.6. The van der Waals surface area contributed by atoms with E-state index in [4.69, 9.17) is 14.6 Å². The third-order valence-electron chi connectivity index (χ3n) is 4.52. The van der Waals surface area contributed by atoms with Crippen molar-refractivity contribution in [1.82, 2.24) is 15.2 Å². The first-order valence-corrected chi connectivity index (χ1v) is 8.79. The van der Waals surface area contributed by atoms with Crippen molar-refractivity contribution in [3.8, 4) is 22.9 Å². The van der Waals surface area contributed by atoms with Crippen molar-refractivity contribution in [2.45, 2.75) is 25.4 Å². The number of H-pyrrole nitrogens is 1. The number of carbonyl (C=O) groups is 1. The summed E-state index contributed by atoms with van der Waals surface area (Å²) in [6, 6.07) is 11.5. The number of hydrogen-bond acceptors (Lipinski definition) is 5. The average Bonchev–Trinajstić information content (AvgIpc) is 3.23. The van der Waals surface area contributed by atoms with E-state index < -0.39 is 12.1 Å². The molecule has 3 heterocycles. The number of aliphatic carboxylic acids is 1. The van der Waals surface area contributed by atoms with Gasteiger partial charge in [-0.3, -0.25) is 10.1 Å². The molecule has 0 saturated carbocycles. The van der Waals surface area contributed by atoms with Crippen molar-refractivity contribution in [3.63, 3.8) is 0 Å². The molecule has 27 heavy (non-hydrogen) atoms. The quantitative estimate of drug-likeness (QED) is 0.697. The summed E-state index contributed by atoms with van der Waals surface area (Å²) in [5.41, 5.74) is 3.86. The zero-order valence-corrected chi connectivity index (χ0v) is 14.6. The molecule has 1 aliphatic rings.